The second-order valence-corrected chi connectivity index (χ2v) is 7.51. The van der Waals surface area contributed by atoms with Gasteiger partial charge in [0.05, 0.1) is 41.9 Å². The molecule has 2 heterocycles. The predicted molar refractivity (Wildman–Crippen MR) is 110 cm³/mol. The molecular weight excluding hydrogens is 379 g/mol. The minimum Gasteiger partial charge on any atom is -0.442 e. The van der Waals surface area contributed by atoms with Crippen LogP contribution in [0.3, 0.4) is 0 Å². The Morgan fingerprint density at radius 3 is 2.86 bits per heavy atom. The molecule has 1 aromatic carbocycles. The van der Waals surface area contributed by atoms with Crippen molar-refractivity contribution in [1.82, 2.24) is 5.32 Å². The summed E-state index contributed by atoms with van der Waals surface area (Å²) in [6, 6.07) is 6.97. The van der Waals surface area contributed by atoms with E-state index in [1.54, 1.807) is 19.1 Å². The van der Waals surface area contributed by atoms with Crippen LogP contribution in [0.2, 0.25) is 0 Å². The number of benzene rings is 1. The van der Waals surface area contributed by atoms with E-state index >= 15 is 0 Å². The van der Waals surface area contributed by atoms with Gasteiger partial charge in [0.15, 0.2) is 0 Å². The van der Waals surface area contributed by atoms with Crippen molar-refractivity contribution < 1.29 is 13.9 Å². The molecule has 2 saturated heterocycles. The molecule has 148 valence electrons. The molecule has 1 aromatic rings. The summed E-state index contributed by atoms with van der Waals surface area (Å²) in [5, 5.41) is 11.7. The van der Waals surface area contributed by atoms with E-state index in [-0.39, 0.29) is 11.9 Å². The summed E-state index contributed by atoms with van der Waals surface area (Å²) in [6.45, 7) is 3.98. The molecule has 3 rings (SSSR count). The summed E-state index contributed by atoms with van der Waals surface area (Å²) in [7, 11) is 0. The summed E-state index contributed by atoms with van der Waals surface area (Å²) in [4.78, 5) is 16.2. The Morgan fingerprint density at radius 1 is 1.46 bits per heavy atom. The summed E-state index contributed by atoms with van der Waals surface area (Å²) < 4.78 is 20.1. The monoisotopic (exact) mass is 402 g/mol. The Labute approximate surface area is 169 Å². The number of anilines is 2. The summed E-state index contributed by atoms with van der Waals surface area (Å²) >= 11 is 4.97. The highest BCUT2D eigenvalue weighted by molar-refractivity contribution is 7.80. The SMILES string of the molecule is CC(=S)NC[C@H]1CN(c2ccc(N3CCC(=CCC#N)CC3)c(F)c2)C(=O)O1. The van der Waals surface area contributed by atoms with Crippen molar-refractivity contribution in [1.29, 1.82) is 5.26 Å². The van der Waals surface area contributed by atoms with Crippen molar-refractivity contribution in [2.24, 2.45) is 0 Å². The minimum absolute atomic E-state index is 0.325. The van der Waals surface area contributed by atoms with Crippen LogP contribution in [0.25, 0.3) is 0 Å². The average molecular weight is 402 g/mol. The van der Waals surface area contributed by atoms with Crippen LogP contribution in [0, 0.1) is 17.1 Å². The number of ether oxygens (including phenoxy) is 1. The molecule has 0 bridgehead atoms. The molecular formula is C20H23FN4O2S. The Kier molecular flexibility index (Phi) is 6.47. The fraction of sp³-hybridized carbons (Fsp3) is 0.450. The molecule has 2 aliphatic rings. The number of carbonyl (C=O) groups excluding carboxylic acids is 1. The van der Waals surface area contributed by atoms with E-state index in [1.807, 2.05) is 11.0 Å². The largest absolute Gasteiger partial charge is 0.442 e. The Balaban J connectivity index is 1.64. The maximum absolute atomic E-state index is 14.8. The van der Waals surface area contributed by atoms with Crippen LogP contribution >= 0.6 is 12.2 Å². The van der Waals surface area contributed by atoms with Crippen LogP contribution < -0.4 is 15.1 Å². The van der Waals surface area contributed by atoms with Crippen LogP contribution in [0.15, 0.2) is 29.8 Å². The Bertz CT molecular complexity index is 826. The standard InChI is InChI=1S/C20H23FN4O2S/c1-14(28)23-12-17-13-25(20(26)27-17)16-4-5-19(18(21)11-16)24-9-6-15(7-10-24)3-2-8-22/h3-5,11,17H,2,6-7,9-10,12-13H2,1H3,(H,23,28)/t17-/m0/s1. The van der Waals surface area contributed by atoms with Gasteiger partial charge in [-0.2, -0.15) is 5.26 Å². The maximum Gasteiger partial charge on any atom is 0.414 e. The zero-order chi connectivity index (χ0) is 20.1. The Morgan fingerprint density at radius 2 is 2.21 bits per heavy atom. The van der Waals surface area contributed by atoms with Crippen LogP contribution in [0.1, 0.15) is 26.2 Å². The molecule has 2 fully saturated rings. The lowest BCUT2D eigenvalue weighted by atomic mass is 10.0. The van der Waals surface area contributed by atoms with E-state index in [2.05, 4.69) is 11.4 Å². The first-order valence-electron chi connectivity index (χ1n) is 9.30. The van der Waals surface area contributed by atoms with Crippen molar-refractivity contribution in [3.8, 4) is 6.07 Å². The number of amides is 1. The first-order valence-corrected chi connectivity index (χ1v) is 9.70. The molecule has 0 radical (unpaired) electrons. The number of thiocarbonyl (C=S) groups is 1. The van der Waals surface area contributed by atoms with Gasteiger partial charge in [-0.15, -0.1) is 0 Å². The lowest BCUT2D eigenvalue weighted by Gasteiger charge is -2.31. The number of rotatable bonds is 5. The van der Waals surface area contributed by atoms with Gasteiger partial charge in [-0.05, 0) is 38.0 Å². The van der Waals surface area contributed by atoms with Crippen LogP contribution in [0.4, 0.5) is 20.6 Å². The fourth-order valence-electron chi connectivity index (χ4n) is 3.45. The number of hydrogen-bond donors (Lipinski definition) is 1. The van der Waals surface area contributed by atoms with Crippen LogP contribution in [-0.4, -0.2) is 43.4 Å². The van der Waals surface area contributed by atoms with E-state index in [4.69, 9.17) is 22.2 Å². The third kappa shape index (κ3) is 4.78. The molecule has 0 saturated carbocycles. The van der Waals surface area contributed by atoms with Crippen molar-refractivity contribution in [3.05, 3.63) is 35.7 Å². The van der Waals surface area contributed by atoms with Gasteiger partial charge in [0.25, 0.3) is 0 Å². The number of piperidine rings is 1. The molecule has 0 aliphatic carbocycles. The lowest BCUT2D eigenvalue weighted by molar-refractivity contribution is 0.143. The molecule has 2 aliphatic heterocycles. The quantitative estimate of drug-likeness (QED) is 0.600. The van der Waals surface area contributed by atoms with Crippen LogP contribution in [-0.2, 0) is 4.74 Å². The number of cyclic esters (lactones) is 1. The smallest absolute Gasteiger partial charge is 0.414 e. The van der Waals surface area contributed by atoms with Crippen molar-refractivity contribution in [2.75, 3.05) is 36.0 Å². The van der Waals surface area contributed by atoms with Crippen molar-refractivity contribution in [3.63, 3.8) is 0 Å². The highest BCUT2D eigenvalue weighted by Crippen LogP contribution is 2.30. The number of nitriles is 1. The van der Waals surface area contributed by atoms with Gasteiger partial charge in [-0.25, -0.2) is 9.18 Å². The molecule has 6 nitrogen and oxygen atoms in total. The number of nitrogens with zero attached hydrogens (tertiary/aromatic N) is 3. The van der Waals surface area contributed by atoms with E-state index in [9.17, 15) is 9.18 Å². The summed E-state index contributed by atoms with van der Waals surface area (Å²) in [5.74, 6) is -0.355. The van der Waals surface area contributed by atoms with Crippen molar-refractivity contribution >= 4 is 34.7 Å². The molecule has 1 N–H and O–H groups in total. The molecule has 1 amide bonds. The first kappa shape index (κ1) is 20.1. The normalized spacial score (nSPS) is 19.2. The van der Waals surface area contributed by atoms with E-state index in [1.165, 1.54) is 16.5 Å². The third-order valence-corrected chi connectivity index (χ3v) is 5.07. The predicted octanol–water partition coefficient (Wildman–Crippen LogP) is 3.53. The van der Waals surface area contributed by atoms with Gasteiger partial charge >= 0.3 is 6.09 Å². The number of hydrogen-bond acceptors (Lipinski definition) is 5. The molecule has 1 atom stereocenters. The van der Waals surface area contributed by atoms with Gasteiger partial charge in [0.1, 0.15) is 11.9 Å². The molecule has 28 heavy (non-hydrogen) atoms. The fourth-order valence-corrected chi connectivity index (χ4v) is 3.53. The second kappa shape index (κ2) is 9.02. The topological polar surface area (TPSA) is 68.6 Å². The van der Waals surface area contributed by atoms with Gasteiger partial charge in [0.2, 0.25) is 0 Å². The highest BCUT2D eigenvalue weighted by Gasteiger charge is 2.32. The Hall–Kier alpha value is -2.66. The van der Waals surface area contributed by atoms with E-state index in [0.717, 1.165) is 12.8 Å². The highest BCUT2D eigenvalue weighted by atomic mass is 32.1. The molecule has 0 unspecified atom stereocenters. The second-order valence-electron chi connectivity index (χ2n) is 6.90. The average Bonchev–Trinajstić information content (AvgIpc) is 3.06. The third-order valence-electron chi connectivity index (χ3n) is 4.92. The van der Waals surface area contributed by atoms with Gasteiger partial charge in [-0.3, -0.25) is 4.90 Å². The zero-order valence-corrected chi connectivity index (χ0v) is 16.6. The molecule has 8 heteroatoms. The zero-order valence-electron chi connectivity index (χ0n) is 15.8. The van der Waals surface area contributed by atoms with Crippen LogP contribution in [0.5, 0.6) is 0 Å². The molecule has 0 aromatic heterocycles. The first-order chi connectivity index (χ1) is 13.5. The van der Waals surface area contributed by atoms with Gasteiger partial charge in [-0.1, -0.05) is 23.9 Å². The summed E-state index contributed by atoms with van der Waals surface area (Å²) in [5.41, 5.74) is 2.27. The minimum atomic E-state index is -0.480. The van der Waals surface area contributed by atoms with E-state index in [0.29, 0.717) is 49.0 Å². The number of halogens is 1. The maximum atomic E-state index is 14.8. The van der Waals surface area contributed by atoms with E-state index < -0.39 is 6.09 Å². The molecule has 0 spiro atoms. The van der Waals surface area contributed by atoms with Gasteiger partial charge in [0, 0.05) is 13.1 Å². The summed E-state index contributed by atoms with van der Waals surface area (Å²) in [6.07, 6.45) is 3.24. The number of allylic oxidation sites excluding steroid dienone is 1. The van der Waals surface area contributed by atoms with Crippen molar-refractivity contribution in [2.45, 2.75) is 32.3 Å². The number of carbonyl (C=O) groups is 1. The number of nitrogens with one attached hydrogen (secondary N) is 1. The lowest BCUT2D eigenvalue weighted by Crippen LogP contribution is -2.33. The van der Waals surface area contributed by atoms with Gasteiger partial charge < -0.3 is 15.0 Å².